The molecule has 7 heteroatoms. The van der Waals surface area contributed by atoms with Crippen LogP contribution in [0.3, 0.4) is 0 Å². The molecule has 0 spiro atoms. The van der Waals surface area contributed by atoms with E-state index in [1.807, 2.05) is 38.1 Å². The van der Waals surface area contributed by atoms with Gasteiger partial charge >= 0.3 is 12.1 Å². The van der Waals surface area contributed by atoms with Crippen LogP contribution in [-0.2, 0) is 14.3 Å². The molecule has 33 heavy (non-hydrogen) atoms. The topological polar surface area (TPSA) is 95.9 Å². The SMILES string of the molecule is CC(C)N(CCC(=O)O)C(=O)C1CC1CNC(=O)OCC1c2ccccc2-c2ccccc21. The minimum Gasteiger partial charge on any atom is -0.481 e. The molecule has 7 nitrogen and oxygen atoms in total. The average Bonchev–Trinajstić information content (AvgIpc) is 3.51. The maximum Gasteiger partial charge on any atom is 0.407 e. The summed E-state index contributed by atoms with van der Waals surface area (Å²) in [6, 6.07) is 16.3. The van der Waals surface area contributed by atoms with Crippen molar-refractivity contribution in [2.24, 2.45) is 11.8 Å². The Hall–Kier alpha value is -3.35. The number of carbonyl (C=O) groups excluding carboxylic acids is 2. The van der Waals surface area contributed by atoms with Gasteiger partial charge in [-0.05, 0) is 48.4 Å². The quantitative estimate of drug-likeness (QED) is 0.605. The van der Waals surface area contributed by atoms with E-state index in [0.29, 0.717) is 13.0 Å². The zero-order valence-corrected chi connectivity index (χ0v) is 19.0. The molecule has 1 saturated carbocycles. The molecule has 0 aliphatic heterocycles. The van der Waals surface area contributed by atoms with Crippen LogP contribution in [0.15, 0.2) is 48.5 Å². The van der Waals surface area contributed by atoms with Crippen molar-refractivity contribution in [1.29, 1.82) is 0 Å². The predicted octanol–water partition coefficient (Wildman–Crippen LogP) is 3.87. The maximum atomic E-state index is 12.7. The highest BCUT2D eigenvalue weighted by molar-refractivity contribution is 5.83. The first-order valence-corrected chi connectivity index (χ1v) is 11.5. The second kappa shape index (κ2) is 9.65. The van der Waals surface area contributed by atoms with E-state index in [2.05, 4.69) is 29.6 Å². The number of ether oxygens (including phenoxy) is 1. The molecule has 2 atom stereocenters. The number of fused-ring (bicyclic) bond motifs is 3. The van der Waals surface area contributed by atoms with Crippen molar-refractivity contribution in [2.45, 2.75) is 38.6 Å². The fourth-order valence-corrected chi connectivity index (χ4v) is 4.69. The summed E-state index contributed by atoms with van der Waals surface area (Å²) in [7, 11) is 0. The Morgan fingerprint density at radius 3 is 2.24 bits per heavy atom. The molecule has 2 aliphatic carbocycles. The number of hydrogen-bond donors (Lipinski definition) is 2. The van der Waals surface area contributed by atoms with Crippen LogP contribution in [0.1, 0.15) is 43.7 Å². The van der Waals surface area contributed by atoms with Gasteiger partial charge in [-0.15, -0.1) is 0 Å². The number of nitrogens with one attached hydrogen (secondary N) is 1. The van der Waals surface area contributed by atoms with E-state index in [1.54, 1.807) is 4.90 Å². The van der Waals surface area contributed by atoms with E-state index in [0.717, 1.165) is 11.1 Å². The number of amides is 2. The average molecular weight is 451 g/mol. The molecular weight excluding hydrogens is 420 g/mol. The monoisotopic (exact) mass is 450 g/mol. The van der Waals surface area contributed by atoms with Gasteiger partial charge in [-0.3, -0.25) is 9.59 Å². The lowest BCUT2D eigenvalue weighted by Crippen LogP contribution is -2.40. The molecule has 174 valence electrons. The first-order valence-electron chi connectivity index (χ1n) is 11.5. The van der Waals surface area contributed by atoms with Crippen molar-refractivity contribution in [3.8, 4) is 11.1 Å². The summed E-state index contributed by atoms with van der Waals surface area (Å²) in [5, 5.41) is 11.7. The molecule has 1 fully saturated rings. The standard InChI is InChI=1S/C26H30N2O5/c1-16(2)28(12-11-24(29)30)25(31)22-13-17(22)14-27-26(32)33-15-23-20-9-5-3-7-18(20)19-8-4-6-10-21(19)23/h3-10,16-17,22-23H,11-15H2,1-2H3,(H,27,32)(H,29,30). The van der Waals surface area contributed by atoms with Gasteiger partial charge in [0.25, 0.3) is 0 Å². The highest BCUT2D eigenvalue weighted by Crippen LogP contribution is 2.44. The number of carboxylic acid groups (broad SMARTS) is 1. The number of carbonyl (C=O) groups is 3. The van der Waals surface area contributed by atoms with Gasteiger partial charge in [0.1, 0.15) is 6.61 Å². The number of benzene rings is 2. The Morgan fingerprint density at radius 1 is 1.06 bits per heavy atom. The molecule has 4 rings (SSSR count). The fourth-order valence-electron chi connectivity index (χ4n) is 4.69. The van der Waals surface area contributed by atoms with Crippen LogP contribution < -0.4 is 5.32 Å². The lowest BCUT2D eigenvalue weighted by atomic mass is 9.98. The van der Waals surface area contributed by atoms with E-state index in [-0.39, 0.29) is 49.3 Å². The smallest absolute Gasteiger partial charge is 0.407 e. The Bertz CT molecular complexity index is 1000. The first-order chi connectivity index (χ1) is 15.9. The summed E-state index contributed by atoms with van der Waals surface area (Å²) < 4.78 is 5.55. The Morgan fingerprint density at radius 2 is 1.67 bits per heavy atom. The van der Waals surface area contributed by atoms with Crippen LogP contribution in [0.2, 0.25) is 0 Å². The Kier molecular flexibility index (Phi) is 6.67. The summed E-state index contributed by atoms with van der Waals surface area (Å²) in [6.45, 7) is 4.59. The van der Waals surface area contributed by atoms with E-state index in [4.69, 9.17) is 9.84 Å². The van der Waals surface area contributed by atoms with Gasteiger partial charge in [0.05, 0.1) is 6.42 Å². The van der Waals surface area contributed by atoms with Crippen LogP contribution in [0.25, 0.3) is 11.1 Å². The maximum absolute atomic E-state index is 12.7. The van der Waals surface area contributed by atoms with E-state index < -0.39 is 12.1 Å². The van der Waals surface area contributed by atoms with Gasteiger partial charge in [-0.1, -0.05) is 48.5 Å². The van der Waals surface area contributed by atoms with Crippen molar-refractivity contribution in [1.82, 2.24) is 10.2 Å². The molecule has 0 aromatic heterocycles. The molecule has 2 N–H and O–H groups in total. The third kappa shape index (κ3) is 5.02. The minimum atomic E-state index is -0.919. The van der Waals surface area contributed by atoms with Crippen molar-refractivity contribution in [2.75, 3.05) is 19.7 Å². The molecule has 2 aromatic rings. The van der Waals surface area contributed by atoms with Gasteiger partial charge in [-0.25, -0.2) is 4.79 Å². The summed E-state index contributed by atoms with van der Waals surface area (Å²) in [5.74, 6) is -1.06. The molecule has 0 saturated heterocycles. The Balaban J connectivity index is 1.27. The largest absolute Gasteiger partial charge is 0.481 e. The normalized spacial score (nSPS) is 18.4. The van der Waals surface area contributed by atoms with Crippen molar-refractivity contribution in [3.63, 3.8) is 0 Å². The molecule has 2 aromatic carbocycles. The number of rotatable bonds is 9. The predicted molar refractivity (Wildman–Crippen MR) is 124 cm³/mol. The van der Waals surface area contributed by atoms with Crippen LogP contribution in [0.4, 0.5) is 4.79 Å². The molecular formula is C26H30N2O5. The lowest BCUT2D eigenvalue weighted by molar-refractivity contribution is -0.139. The molecule has 2 amide bonds. The van der Waals surface area contributed by atoms with E-state index >= 15 is 0 Å². The van der Waals surface area contributed by atoms with Crippen LogP contribution in [-0.4, -0.2) is 53.7 Å². The first kappa shape index (κ1) is 22.8. The number of aliphatic carboxylic acids is 1. The minimum absolute atomic E-state index is 0.00670. The van der Waals surface area contributed by atoms with Crippen molar-refractivity contribution < 1.29 is 24.2 Å². The van der Waals surface area contributed by atoms with E-state index in [9.17, 15) is 14.4 Å². The van der Waals surface area contributed by atoms with Crippen molar-refractivity contribution >= 4 is 18.0 Å². The molecule has 0 heterocycles. The highest BCUT2D eigenvalue weighted by atomic mass is 16.5. The number of nitrogens with zero attached hydrogens (tertiary/aromatic N) is 1. The molecule has 2 unspecified atom stereocenters. The van der Waals surface area contributed by atoms with Gasteiger partial charge in [-0.2, -0.15) is 0 Å². The third-order valence-corrected chi connectivity index (χ3v) is 6.57. The lowest BCUT2D eigenvalue weighted by Gasteiger charge is -2.26. The van der Waals surface area contributed by atoms with Gasteiger partial charge in [0, 0.05) is 31.0 Å². The number of carboxylic acids is 1. The summed E-state index contributed by atoms with van der Waals surface area (Å²) in [6.07, 6.45) is 0.138. The Labute approximate surface area is 193 Å². The second-order valence-corrected chi connectivity index (χ2v) is 9.08. The zero-order chi connectivity index (χ0) is 23.5. The zero-order valence-electron chi connectivity index (χ0n) is 19.0. The molecule has 0 bridgehead atoms. The second-order valence-electron chi connectivity index (χ2n) is 9.08. The molecule has 0 radical (unpaired) electrons. The molecule has 2 aliphatic rings. The van der Waals surface area contributed by atoms with Crippen LogP contribution >= 0.6 is 0 Å². The number of alkyl carbamates (subject to hydrolysis) is 1. The summed E-state index contributed by atoms with van der Waals surface area (Å²) >= 11 is 0. The third-order valence-electron chi connectivity index (χ3n) is 6.57. The fraction of sp³-hybridized carbons (Fsp3) is 0.423. The van der Waals surface area contributed by atoms with Crippen molar-refractivity contribution in [3.05, 3.63) is 59.7 Å². The van der Waals surface area contributed by atoms with E-state index in [1.165, 1.54) is 11.1 Å². The van der Waals surface area contributed by atoms with Gasteiger partial charge in [0.2, 0.25) is 5.91 Å². The van der Waals surface area contributed by atoms with Crippen LogP contribution in [0.5, 0.6) is 0 Å². The summed E-state index contributed by atoms with van der Waals surface area (Å²) in [4.78, 5) is 37.6. The van der Waals surface area contributed by atoms with Crippen LogP contribution in [0, 0.1) is 11.8 Å². The van der Waals surface area contributed by atoms with Gasteiger partial charge < -0.3 is 20.1 Å². The summed E-state index contributed by atoms with van der Waals surface area (Å²) in [5.41, 5.74) is 4.68. The highest BCUT2D eigenvalue weighted by Gasteiger charge is 2.45. The van der Waals surface area contributed by atoms with Gasteiger partial charge in [0.15, 0.2) is 0 Å². The number of hydrogen-bond acceptors (Lipinski definition) is 4.